The second-order valence-electron chi connectivity index (χ2n) is 14.8. The number of hydrogen-bond donors (Lipinski definition) is 0. The van der Waals surface area contributed by atoms with Crippen molar-refractivity contribution in [1.82, 2.24) is 4.57 Å². The molecule has 1 atom stereocenters. The lowest BCUT2D eigenvalue weighted by Gasteiger charge is -2.25. The van der Waals surface area contributed by atoms with E-state index < -0.39 is 0 Å². The zero-order valence-corrected chi connectivity index (χ0v) is 28.7. The molecule has 7 aromatic carbocycles. The first kappa shape index (κ1) is 28.7. The maximum absolute atomic E-state index is 6.97. The molecule has 0 saturated carbocycles. The molecule has 51 heavy (non-hydrogen) atoms. The Bertz CT molecular complexity index is 2920. The van der Waals surface area contributed by atoms with Crippen LogP contribution in [0.4, 0.5) is 0 Å². The van der Waals surface area contributed by atoms with Crippen LogP contribution in [0.5, 0.6) is 0 Å². The van der Waals surface area contributed by atoms with Crippen molar-refractivity contribution in [2.75, 3.05) is 0 Å². The maximum Gasteiger partial charge on any atom is 0.159 e. The van der Waals surface area contributed by atoms with Crippen LogP contribution in [0, 0.1) is 0 Å². The topological polar surface area (TPSA) is 18.1 Å². The summed E-state index contributed by atoms with van der Waals surface area (Å²) in [6.07, 6.45) is 3.48. The van der Waals surface area contributed by atoms with Gasteiger partial charge < -0.3 is 8.98 Å². The number of furan rings is 1. The van der Waals surface area contributed by atoms with Crippen molar-refractivity contribution in [2.24, 2.45) is 0 Å². The first-order valence-corrected chi connectivity index (χ1v) is 18.0. The molecule has 0 radical (unpaired) electrons. The lowest BCUT2D eigenvalue weighted by Crippen LogP contribution is -2.14. The highest BCUT2D eigenvalue weighted by Crippen LogP contribution is 2.51. The number of benzene rings is 7. The Labute approximate surface area is 296 Å². The van der Waals surface area contributed by atoms with Crippen molar-refractivity contribution in [3.05, 3.63) is 191 Å². The Kier molecular flexibility index (Phi) is 5.88. The van der Waals surface area contributed by atoms with E-state index in [2.05, 4.69) is 176 Å². The third-order valence-electron chi connectivity index (χ3n) is 11.8. The molecule has 2 aromatic heterocycles. The van der Waals surface area contributed by atoms with Crippen molar-refractivity contribution in [3.8, 4) is 16.8 Å². The highest BCUT2D eigenvalue weighted by atomic mass is 16.3. The molecule has 2 aliphatic rings. The van der Waals surface area contributed by atoms with Crippen molar-refractivity contribution in [3.63, 3.8) is 0 Å². The van der Waals surface area contributed by atoms with Crippen LogP contribution in [0.3, 0.4) is 0 Å². The van der Waals surface area contributed by atoms with Gasteiger partial charge in [0, 0.05) is 32.9 Å². The molecular formula is C49H35NO. The van der Waals surface area contributed by atoms with Gasteiger partial charge >= 0.3 is 0 Å². The molecule has 2 heterocycles. The van der Waals surface area contributed by atoms with Gasteiger partial charge in [-0.2, -0.15) is 0 Å². The predicted molar refractivity (Wildman–Crippen MR) is 212 cm³/mol. The standard InChI is InChI=1S/C49H35NO/c1-49(2)41-22-10-8-18-34(41)39-29-45-40(28-42(39)49)35-19-9-11-23-43(35)50(45)44-24-12-21-37-47-36(20-13-25-46(47)51-48(37)44)38-27-32(30-14-4-3-5-15-30)26-31-16-6-7-17-33(31)38/h3-25,27-29,32H,26H2,1-2H3/t32-/m1/s1. The Balaban J connectivity index is 1.18. The monoisotopic (exact) mass is 653 g/mol. The van der Waals surface area contributed by atoms with Crippen LogP contribution in [0.25, 0.3) is 66.1 Å². The van der Waals surface area contributed by atoms with Gasteiger partial charge in [-0.15, -0.1) is 0 Å². The van der Waals surface area contributed by atoms with Crippen LogP contribution in [0.2, 0.25) is 0 Å². The van der Waals surface area contributed by atoms with Gasteiger partial charge in [0.05, 0.1) is 16.7 Å². The van der Waals surface area contributed by atoms with E-state index >= 15 is 0 Å². The third kappa shape index (κ3) is 3.99. The van der Waals surface area contributed by atoms with E-state index in [0.717, 1.165) is 28.7 Å². The number of fused-ring (bicyclic) bond motifs is 10. The molecule has 0 fully saturated rings. The Morgan fingerprint density at radius 1 is 0.569 bits per heavy atom. The van der Waals surface area contributed by atoms with Crippen molar-refractivity contribution >= 4 is 49.3 Å². The summed E-state index contributed by atoms with van der Waals surface area (Å²) < 4.78 is 9.40. The number of para-hydroxylation sites is 2. The van der Waals surface area contributed by atoms with Gasteiger partial charge in [0.1, 0.15) is 5.58 Å². The first-order chi connectivity index (χ1) is 25.1. The number of hydrogen-bond acceptors (Lipinski definition) is 1. The lowest BCUT2D eigenvalue weighted by molar-refractivity contribution is 0.661. The molecule has 0 spiro atoms. The van der Waals surface area contributed by atoms with Gasteiger partial charge in [-0.05, 0) is 86.8 Å². The molecule has 9 aromatic rings. The fourth-order valence-corrected chi connectivity index (χ4v) is 9.35. The van der Waals surface area contributed by atoms with Crippen LogP contribution in [-0.2, 0) is 11.8 Å². The van der Waals surface area contributed by atoms with Crippen LogP contribution in [0.1, 0.15) is 53.1 Å². The highest BCUT2D eigenvalue weighted by Gasteiger charge is 2.36. The molecule has 2 nitrogen and oxygen atoms in total. The van der Waals surface area contributed by atoms with Crippen LogP contribution in [0.15, 0.2) is 162 Å². The predicted octanol–water partition coefficient (Wildman–Crippen LogP) is 12.8. The van der Waals surface area contributed by atoms with Gasteiger partial charge in [0.15, 0.2) is 5.58 Å². The van der Waals surface area contributed by atoms with Crippen molar-refractivity contribution in [1.29, 1.82) is 0 Å². The second kappa shape index (κ2) is 10.4. The van der Waals surface area contributed by atoms with Crippen molar-refractivity contribution in [2.45, 2.75) is 31.6 Å². The number of allylic oxidation sites excluding steroid dienone is 1. The normalized spacial score (nSPS) is 16.0. The summed E-state index contributed by atoms with van der Waals surface area (Å²) in [5, 5.41) is 4.83. The molecule has 0 unspecified atom stereocenters. The molecule has 0 aliphatic heterocycles. The molecule has 0 bridgehead atoms. The minimum atomic E-state index is -0.0651. The number of nitrogens with zero attached hydrogens (tertiary/aromatic N) is 1. The third-order valence-corrected chi connectivity index (χ3v) is 11.8. The van der Waals surface area contributed by atoms with Gasteiger partial charge in [-0.1, -0.05) is 141 Å². The fraction of sp³-hybridized carbons (Fsp3) is 0.102. The summed E-state index contributed by atoms with van der Waals surface area (Å²) in [5.41, 5.74) is 17.2. The Morgan fingerprint density at radius 2 is 1.29 bits per heavy atom. The van der Waals surface area contributed by atoms with E-state index in [1.807, 2.05) is 0 Å². The van der Waals surface area contributed by atoms with Gasteiger partial charge in [0.2, 0.25) is 0 Å². The molecule has 0 saturated heterocycles. The lowest BCUT2D eigenvalue weighted by atomic mass is 9.78. The maximum atomic E-state index is 6.97. The quantitative estimate of drug-likeness (QED) is 0.186. The first-order valence-electron chi connectivity index (χ1n) is 18.0. The number of rotatable bonds is 3. The van der Waals surface area contributed by atoms with E-state index in [0.29, 0.717) is 5.92 Å². The van der Waals surface area contributed by atoms with E-state index in [-0.39, 0.29) is 5.41 Å². The van der Waals surface area contributed by atoms with E-state index in [9.17, 15) is 0 Å². The summed E-state index contributed by atoms with van der Waals surface area (Å²) in [6, 6.07) is 55.7. The van der Waals surface area contributed by atoms with Crippen LogP contribution in [-0.4, -0.2) is 4.57 Å². The smallest absolute Gasteiger partial charge is 0.159 e. The summed E-state index contributed by atoms with van der Waals surface area (Å²) in [4.78, 5) is 0. The van der Waals surface area contributed by atoms with Crippen molar-refractivity contribution < 1.29 is 4.42 Å². The molecule has 0 N–H and O–H groups in total. The zero-order chi connectivity index (χ0) is 33.8. The Morgan fingerprint density at radius 3 is 2.20 bits per heavy atom. The molecule has 242 valence electrons. The fourth-order valence-electron chi connectivity index (χ4n) is 9.35. The minimum Gasteiger partial charge on any atom is -0.454 e. The van der Waals surface area contributed by atoms with E-state index in [1.165, 1.54) is 77.3 Å². The van der Waals surface area contributed by atoms with Gasteiger partial charge in [-0.25, -0.2) is 0 Å². The largest absolute Gasteiger partial charge is 0.454 e. The van der Waals surface area contributed by atoms with Crippen LogP contribution < -0.4 is 0 Å². The molecule has 0 amide bonds. The summed E-state index contributed by atoms with van der Waals surface area (Å²) in [7, 11) is 0. The average molecular weight is 654 g/mol. The zero-order valence-electron chi connectivity index (χ0n) is 28.7. The summed E-state index contributed by atoms with van der Waals surface area (Å²) in [6.45, 7) is 4.72. The SMILES string of the molecule is CC1(C)c2ccccc2-c2cc3c(cc21)c1ccccc1n3-c1cccc2c1oc1cccc(C3=C[C@H](c4ccccc4)Cc4ccccc43)c12. The highest BCUT2D eigenvalue weighted by molar-refractivity contribution is 6.16. The summed E-state index contributed by atoms with van der Waals surface area (Å²) in [5.74, 6) is 0.300. The molecule has 2 heteroatoms. The van der Waals surface area contributed by atoms with E-state index in [4.69, 9.17) is 4.42 Å². The number of aromatic nitrogens is 1. The Hall–Kier alpha value is -6.12. The van der Waals surface area contributed by atoms with Gasteiger partial charge in [0.25, 0.3) is 0 Å². The van der Waals surface area contributed by atoms with Crippen LogP contribution >= 0.6 is 0 Å². The van der Waals surface area contributed by atoms with Gasteiger partial charge in [-0.3, -0.25) is 0 Å². The summed E-state index contributed by atoms with van der Waals surface area (Å²) >= 11 is 0. The minimum absolute atomic E-state index is 0.0651. The average Bonchev–Trinajstić information content (AvgIpc) is 3.80. The molecule has 2 aliphatic carbocycles. The molecular weight excluding hydrogens is 619 g/mol. The molecule has 11 rings (SSSR count). The van der Waals surface area contributed by atoms with E-state index in [1.54, 1.807) is 0 Å². The second-order valence-corrected chi connectivity index (χ2v) is 14.8.